The number of hydrogen-bond donors (Lipinski definition) is 1. The smallest absolute Gasteiger partial charge is 0.270 e. The van der Waals surface area contributed by atoms with E-state index in [4.69, 9.17) is 4.74 Å². The average molecular weight is 355 g/mol. The van der Waals surface area contributed by atoms with Crippen molar-refractivity contribution in [2.24, 2.45) is 4.99 Å². The molecule has 0 aromatic carbocycles. The van der Waals surface area contributed by atoms with Gasteiger partial charge in [0.05, 0.1) is 6.54 Å². The van der Waals surface area contributed by atoms with Gasteiger partial charge in [0.2, 0.25) is 6.41 Å². The molecule has 0 radical (unpaired) electrons. The van der Waals surface area contributed by atoms with Gasteiger partial charge in [-0.05, 0) is 18.9 Å². The lowest BCUT2D eigenvalue weighted by Crippen LogP contribution is -2.30. The van der Waals surface area contributed by atoms with Crippen LogP contribution in [0.2, 0.25) is 0 Å². The van der Waals surface area contributed by atoms with Crippen molar-refractivity contribution in [3.8, 4) is 5.75 Å². The third-order valence-electron chi connectivity index (χ3n) is 4.83. The fourth-order valence-corrected chi connectivity index (χ4v) is 3.48. The first-order valence-electron chi connectivity index (χ1n) is 8.74. The number of aromatic amines is 1. The Bertz CT molecular complexity index is 908. The third-order valence-corrected chi connectivity index (χ3v) is 4.83. The molecule has 0 bridgehead atoms. The Morgan fingerprint density at radius 2 is 2.08 bits per heavy atom. The second kappa shape index (κ2) is 6.70. The van der Waals surface area contributed by atoms with Crippen LogP contribution in [0.15, 0.2) is 29.4 Å². The first kappa shape index (κ1) is 16.4. The molecule has 0 saturated carbocycles. The largest absolute Gasteiger partial charge is 0.488 e. The Hall–Kier alpha value is -3.03. The summed E-state index contributed by atoms with van der Waals surface area (Å²) in [5.74, 6) is 1.43. The van der Waals surface area contributed by atoms with Gasteiger partial charge in [-0.1, -0.05) is 0 Å². The number of ether oxygens (including phenoxy) is 1. The number of amides is 1. The van der Waals surface area contributed by atoms with Crippen molar-refractivity contribution in [1.82, 2.24) is 14.5 Å². The SMILES string of the molecule is C/N=c1/cc(N2CCOc3cc(C(=O)N4CCCC4)[nH]c32)ccn1C=O. The maximum absolute atomic E-state index is 12.7. The fourth-order valence-electron chi connectivity index (χ4n) is 3.48. The normalized spacial score (nSPS) is 17.2. The third kappa shape index (κ3) is 2.77. The highest BCUT2D eigenvalue weighted by Gasteiger charge is 2.27. The molecular formula is C18H21N5O3. The molecule has 0 spiro atoms. The summed E-state index contributed by atoms with van der Waals surface area (Å²) in [4.78, 5) is 35.0. The minimum atomic E-state index is 0.0107. The molecule has 2 aliphatic rings. The van der Waals surface area contributed by atoms with Gasteiger partial charge in [-0.15, -0.1) is 0 Å². The summed E-state index contributed by atoms with van der Waals surface area (Å²) in [6, 6.07) is 5.47. The van der Waals surface area contributed by atoms with Crippen molar-refractivity contribution in [2.75, 3.05) is 38.2 Å². The lowest BCUT2D eigenvalue weighted by Gasteiger charge is -2.28. The van der Waals surface area contributed by atoms with Crippen molar-refractivity contribution >= 4 is 23.8 Å². The van der Waals surface area contributed by atoms with Crippen molar-refractivity contribution < 1.29 is 14.3 Å². The number of rotatable bonds is 3. The number of carbonyl (C=O) groups excluding carboxylic acids is 2. The van der Waals surface area contributed by atoms with E-state index in [2.05, 4.69) is 9.98 Å². The van der Waals surface area contributed by atoms with Crippen LogP contribution in [0.5, 0.6) is 5.75 Å². The predicted molar refractivity (Wildman–Crippen MR) is 96.5 cm³/mol. The molecule has 2 aromatic heterocycles. The van der Waals surface area contributed by atoms with Crippen LogP contribution in [0.4, 0.5) is 11.5 Å². The monoisotopic (exact) mass is 355 g/mol. The molecule has 0 atom stereocenters. The Kier molecular flexibility index (Phi) is 4.24. The van der Waals surface area contributed by atoms with E-state index in [1.54, 1.807) is 19.3 Å². The van der Waals surface area contributed by atoms with Gasteiger partial charge in [-0.25, -0.2) is 0 Å². The first-order valence-corrected chi connectivity index (χ1v) is 8.74. The van der Waals surface area contributed by atoms with E-state index in [0.29, 0.717) is 30.1 Å². The standard InChI is InChI=1S/C18H21N5O3/c1-19-16-10-13(4-7-22(16)12-24)23-8-9-26-15-11-14(20-17(15)23)18(25)21-5-2-3-6-21/h4,7,10-12,20H,2-3,5-6,8-9H2,1H3/b19-16-. The van der Waals surface area contributed by atoms with Crippen LogP contribution in [0.1, 0.15) is 23.3 Å². The number of likely N-dealkylation sites (tertiary alicyclic amines) is 1. The van der Waals surface area contributed by atoms with Gasteiger partial charge in [0.25, 0.3) is 5.91 Å². The average Bonchev–Trinajstić information content (AvgIpc) is 3.36. The summed E-state index contributed by atoms with van der Waals surface area (Å²) in [5.41, 5.74) is 1.99. The number of H-pyrrole nitrogens is 1. The fraction of sp³-hybridized carbons (Fsp3) is 0.389. The lowest BCUT2D eigenvalue weighted by molar-refractivity contribution is 0.0787. The van der Waals surface area contributed by atoms with Crippen LogP contribution in [0.3, 0.4) is 0 Å². The van der Waals surface area contributed by atoms with E-state index >= 15 is 0 Å². The van der Waals surface area contributed by atoms with Crippen molar-refractivity contribution in [3.63, 3.8) is 0 Å². The molecule has 1 amide bonds. The molecular weight excluding hydrogens is 334 g/mol. The number of aromatic nitrogens is 2. The Labute approximate surface area is 150 Å². The maximum Gasteiger partial charge on any atom is 0.270 e. The zero-order chi connectivity index (χ0) is 18.1. The van der Waals surface area contributed by atoms with Gasteiger partial charge in [0.15, 0.2) is 11.6 Å². The van der Waals surface area contributed by atoms with Gasteiger partial charge in [-0.2, -0.15) is 0 Å². The number of fused-ring (bicyclic) bond motifs is 1. The van der Waals surface area contributed by atoms with E-state index in [1.165, 1.54) is 4.57 Å². The summed E-state index contributed by atoms with van der Waals surface area (Å²) in [7, 11) is 1.64. The lowest BCUT2D eigenvalue weighted by atomic mass is 10.3. The highest BCUT2D eigenvalue weighted by molar-refractivity contribution is 5.94. The number of pyridine rings is 1. The number of carbonyl (C=O) groups is 2. The minimum absolute atomic E-state index is 0.0107. The molecule has 2 aromatic rings. The summed E-state index contributed by atoms with van der Waals surface area (Å²) < 4.78 is 7.16. The van der Waals surface area contributed by atoms with Gasteiger partial charge < -0.3 is 19.5 Å². The topological polar surface area (TPSA) is 82.9 Å². The van der Waals surface area contributed by atoms with E-state index < -0.39 is 0 Å². The first-order chi connectivity index (χ1) is 12.7. The van der Waals surface area contributed by atoms with E-state index in [9.17, 15) is 9.59 Å². The molecule has 26 heavy (non-hydrogen) atoms. The molecule has 4 rings (SSSR count). The summed E-state index contributed by atoms with van der Waals surface area (Å²) >= 11 is 0. The molecule has 4 heterocycles. The molecule has 8 heteroatoms. The van der Waals surface area contributed by atoms with Crippen LogP contribution in [-0.2, 0) is 4.79 Å². The van der Waals surface area contributed by atoms with Gasteiger partial charge in [0, 0.05) is 44.2 Å². The highest BCUT2D eigenvalue weighted by atomic mass is 16.5. The van der Waals surface area contributed by atoms with Crippen LogP contribution < -0.4 is 15.1 Å². The molecule has 0 aliphatic carbocycles. The second-order valence-corrected chi connectivity index (χ2v) is 6.37. The second-order valence-electron chi connectivity index (χ2n) is 6.37. The number of nitrogens with zero attached hydrogens (tertiary/aromatic N) is 4. The van der Waals surface area contributed by atoms with Crippen LogP contribution in [0, 0.1) is 0 Å². The predicted octanol–water partition coefficient (Wildman–Crippen LogP) is 1.15. The van der Waals surface area contributed by atoms with Gasteiger partial charge in [0.1, 0.15) is 17.8 Å². The molecule has 0 unspecified atom stereocenters. The van der Waals surface area contributed by atoms with Gasteiger partial charge >= 0.3 is 0 Å². The van der Waals surface area contributed by atoms with Crippen molar-refractivity contribution in [2.45, 2.75) is 12.8 Å². The molecule has 1 N–H and O–H groups in total. The zero-order valence-corrected chi connectivity index (χ0v) is 14.6. The molecule has 8 nitrogen and oxygen atoms in total. The highest BCUT2D eigenvalue weighted by Crippen LogP contribution is 2.36. The van der Waals surface area contributed by atoms with E-state index in [-0.39, 0.29) is 5.91 Å². The minimum Gasteiger partial charge on any atom is -0.488 e. The Morgan fingerprint density at radius 3 is 2.81 bits per heavy atom. The molecule has 136 valence electrons. The van der Waals surface area contributed by atoms with Crippen LogP contribution in [-0.4, -0.2) is 60.1 Å². The summed E-state index contributed by atoms with van der Waals surface area (Å²) in [6.45, 7) is 2.76. The number of nitrogens with one attached hydrogen (secondary N) is 1. The van der Waals surface area contributed by atoms with Crippen LogP contribution >= 0.6 is 0 Å². The van der Waals surface area contributed by atoms with Gasteiger partial charge in [-0.3, -0.25) is 19.1 Å². The van der Waals surface area contributed by atoms with Crippen molar-refractivity contribution in [3.05, 3.63) is 35.6 Å². The van der Waals surface area contributed by atoms with Crippen molar-refractivity contribution in [1.29, 1.82) is 0 Å². The van der Waals surface area contributed by atoms with E-state index in [0.717, 1.165) is 43.8 Å². The summed E-state index contributed by atoms with van der Waals surface area (Å²) in [5, 5.41) is 0. The maximum atomic E-state index is 12.7. The Morgan fingerprint density at radius 1 is 1.27 bits per heavy atom. The molecule has 2 aliphatic heterocycles. The molecule has 1 fully saturated rings. The molecule has 1 saturated heterocycles. The quantitative estimate of drug-likeness (QED) is 0.838. The Balaban J connectivity index is 1.69. The summed E-state index contributed by atoms with van der Waals surface area (Å²) in [6.07, 6.45) is 4.51. The van der Waals surface area contributed by atoms with E-state index in [1.807, 2.05) is 21.9 Å². The number of hydrogen-bond acceptors (Lipinski definition) is 5. The number of anilines is 2. The zero-order valence-electron chi connectivity index (χ0n) is 14.6. The van der Waals surface area contributed by atoms with Crippen LogP contribution in [0.25, 0.3) is 0 Å².